The standard InChI is InChI=1S/C10H12ClO4P/c11-9-3-1-2-8(6-9)4-5-10(12)7-16(13,14)15/h1-3,6H,4-5,7H2,(H2,13,14,15). The van der Waals surface area contributed by atoms with E-state index in [2.05, 4.69) is 0 Å². The second-order valence-corrected chi connectivity index (χ2v) is 5.57. The van der Waals surface area contributed by atoms with Crippen LogP contribution in [-0.2, 0) is 15.8 Å². The zero-order valence-electron chi connectivity index (χ0n) is 8.47. The topological polar surface area (TPSA) is 74.6 Å². The smallest absolute Gasteiger partial charge is 0.324 e. The van der Waals surface area contributed by atoms with Crippen molar-refractivity contribution < 1.29 is 19.1 Å². The third-order valence-electron chi connectivity index (χ3n) is 1.96. The van der Waals surface area contributed by atoms with Crippen LogP contribution in [-0.4, -0.2) is 21.7 Å². The largest absolute Gasteiger partial charge is 0.332 e. The molecule has 0 amide bonds. The first-order valence-electron chi connectivity index (χ1n) is 4.67. The van der Waals surface area contributed by atoms with Crippen molar-refractivity contribution in [2.75, 3.05) is 6.16 Å². The number of ketones is 1. The summed E-state index contributed by atoms with van der Waals surface area (Å²) in [5.41, 5.74) is 0.881. The van der Waals surface area contributed by atoms with Crippen LogP contribution in [0.1, 0.15) is 12.0 Å². The predicted molar refractivity (Wildman–Crippen MR) is 61.7 cm³/mol. The Hall–Kier alpha value is -0.670. The molecule has 0 heterocycles. The van der Waals surface area contributed by atoms with Crippen molar-refractivity contribution >= 4 is 25.0 Å². The molecule has 0 bridgehead atoms. The summed E-state index contributed by atoms with van der Waals surface area (Å²) in [5, 5.41) is 0.583. The first-order valence-corrected chi connectivity index (χ1v) is 6.85. The van der Waals surface area contributed by atoms with Gasteiger partial charge < -0.3 is 9.79 Å². The Morgan fingerprint density at radius 2 is 2.06 bits per heavy atom. The van der Waals surface area contributed by atoms with Gasteiger partial charge in [0.1, 0.15) is 11.9 Å². The molecule has 6 heteroatoms. The molecule has 0 atom stereocenters. The second kappa shape index (κ2) is 5.60. The fourth-order valence-electron chi connectivity index (χ4n) is 1.29. The molecule has 0 spiro atoms. The summed E-state index contributed by atoms with van der Waals surface area (Å²) in [7, 11) is -4.23. The zero-order chi connectivity index (χ0) is 12.2. The van der Waals surface area contributed by atoms with E-state index in [1.807, 2.05) is 6.07 Å². The maximum absolute atomic E-state index is 11.2. The molecule has 0 saturated carbocycles. The number of benzene rings is 1. The number of hydrogen-bond donors (Lipinski definition) is 2. The van der Waals surface area contributed by atoms with Crippen LogP contribution in [0.2, 0.25) is 5.02 Å². The van der Waals surface area contributed by atoms with E-state index < -0.39 is 19.5 Å². The summed E-state index contributed by atoms with van der Waals surface area (Å²) >= 11 is 5.76. The van der Waals surface area contributed by atoms with E-state index in [1.165, 1.54) is 0 Å². The van der Waals surface area contributed by atoms with E-state index in [-0.39, 0.29) is 6.42 Å². The average molecular weight is 263 g/mol. The molecule has 0 aromatic heterocycles. The lowest BCUT2D eigenvalue weighted by atomic mass is 10.1. The second-order valence-electron chi connectivity index (χ2n) is 3.49. The first kappa shape index (κ1) is 13.4. The molecular weight excluding hydrogens is 251 g/mol. The molecule has 1 aromatic rings. The van der Waals surface area contributed by atoms with Crippen LogP contribution in [0.4, 0.5) is 0 Å². The number of carbonyl (C=O) groups is 1. The Kier molecular flexibility index (Phi) is 4.69. The van der Waals surface area contributed by atoms with Crippen molar-refractivity contribution in [1.82, 2.24) is 0 Å². The highest BCUT2D eigenvalue weighted by molar-refractivity contribution is 7.52. The van der Waals surface area contributed by atoms with Crippen molar-refractivity contribution in [3.05, 3.63) is 34.9 Å². The minimum absolute atomic E-state index is 0.117. The van der Waals surface area contributed by atoms with E-state index in [0.717, 1.165) is 5.56 Å². The molecule has 88 valence electrons. The third kappa shape index (κ3) is 5.42. The van der Waals surface area contributed by atoms with Crippen LogP contribution >= 0.6 is 19.2 Å². The van der Waals surface area contributed by atoms with E-state index in [4.69, 9.17) is 21.4 Å². The van der Waals surface area contributed by atoms with E-state index in [1.54, 1.807) is 18.2 Å². The number of carbonyl (C=O) groups excluding carboxylic acids is 1. The zero-order valence-corrected chi connectivity index (χ0v) is 10.1. The van der Waals surface area contributed by atoms with E-state index in [9.17, 15) is 9.36 Å². The molecule has 1 aromatic carbocycles. The first-order chi connectivity index (χ1) is 7.37. The van der Waals surface area contributed by atoms with Gasteiger partial charge in [0.05, 0.1) is 0 Å². The van der Waals surface area contributed by atoms with E-state index in [0.29, 0.717) is 11.4 Å². The molecule has 0 radical (unpaired) electrons. The molecule has 0 aliphatic rings. The lowest BCUT2D eigenvalue weighted by molar-refractivity contribution is -0.116. The summed E-state index contributed by atoms with van der Waals surface area (Å²) in [6, 6.07) is 7.04. The lowest BCUT2D eigenvalue weighted by Gasteiger charge is -2.03. The fraction of sp³-hybridized carbons (Fsp3) is 0.300. The van der Waals surface area contributed by atoms with Gasteiger partial charge in [-0.2, -0.15) is 0 Å². The number of rotatable bonds is 5. The van der Waals surface area contributed by atoms with Gasteiger partial charge in [0.15, 0.2) is 0 Å². The summed E-state index contributed by atoms with van der Waals surface area (Å²) < 4.78 is 10.6. The Labute approximate surface area is 98.4 Å². The Bertz CT molecular complexity index is 427. The third-order valence-corrected chi connectivity index (χ3v) is 2.96. The summed E-state index contributed by atoms with van der Waals surface area (Å²) in [6.45, 7) is 0. The minimum atomic E-state index is -4.23. The Morgan fingerprint density at radius 3 is 2.62 bits per heavy atom. The SMILES string of the molecule is O=C(CCc1cccc(Cl)c1)CP(=O)(O)O. The fourth-order valence-corrected chi connectivity index (χ4v) is 2.12. The van der Waals surface area contributed by atoms with Gasteiger partial charge in [-0.15, -0.1) is 0 Å². The van der Waals surface area contributed by atoms with Gasteiger partial charge in [-0.25, -0.2) is 0 Å². The number of hydrogen-bond acceptors (Lipinski definition) is 2. The van der Waals surface area contributed by atoms with Gasteiger partial charge in [-0.1, -0.05) is 23.7 Å². The molecule has 0 aliphatic heterocycles. The van der Waals surface area contributed by atoms with Crippen LogP contribution in [0, 0.1) is 0 Å². The van der Waals surface area contributed by atoms with Crippen LogP contribution in [0.15, 0.2) is 24.3 Å². The van der Waals surface area contributed by atoms with Crippen LogP contribution in [0.3, 0.4) is 0 Å². The lowest BCUT2D eigenvalue weighted by Crippen LogP contribution is -2.06. The molecule has 4 nitrogen and oxygen atoms in total. The van der Waals surface area contributed by atoms with Gasteiger partial charge in [-0.3, -0.25) is 9.36 Å². The van der Waals surface area contributed by atoms with E-state index >= 15 is 0 Å². The van der Waals surface area contributed by atoms with Gasteiger partial charge in [-0.05, 0) is 24.1 Å². The molecule has 1 rings (SSSR count). The molecule has 0 fully saturated rings. The Balaban J connectivity index is 2.46. The summed E-state index contributed by atoms with van der Waals surface area (Å²) in [5.74, 6) is -0.437. The quantitative estimate of drug-likeness (QED) is 0.796. The molecule has 0 unspecified atom stereocenters. The van der Waals surface area contributed by atoms with Gasteiger partial charge in [0.2, 0.25) is 0 Å². The highest BCUT2D eigenvalue weighted by Gasteiger charge is 2.18. The van der Waals surface area contributed by atoms with Crippen molar-refractivity contribution in [3.8, 4) is 0 Å². The minimum Gasteiger partial charge on any atom is -0.324 e. The highest BCUT2D eigenvalue weighted by atomic mass is 35.5. The molecule has 0 saturated heterocycles. The molecule has 16 heavy (non-hydrogen) atoms. The molecule has 0 aliphatic carbocycles. The number of halogens is 1. The van der Waals surface area contributed by atoms with Gasteiger partial charge >= 0.3 is 7.60 Å². The highest BCUT2D eigenvalue weighted by Crippen LogP contribution is 2.34. The van der Waals surface area contributed by atoms with Crippen LogP contribution in [0.25, 0.3) is 0 Å². The summed E-state index contributed by atoms with van der Waals surface area (Å²) in [4.78, 5) is 28.4. The van der Waals surface area contributed by atoms with Crippen molar-refractivity contribution in [2.45, 2.75) is 12.8 Å². The maximum Gasteiger partial charge on any atom is 0.332 e. The van der Waals surface area contributed by atoms with Crippen LogP contribution < -0.4 is 0 Å². The monoisotopic (exact) mass is 262 g/mol. The maximum atomic E-state index is 11.2. The predicted octanol–water partition coefficient (Wildman–Crippen LogP) is 2.02. The number of aryl methyl sites for hydroxylation is 1. The molecule has 2 N–H and O–H groups in total. The normalized spacial score (nSPS) is 11.4. The molecular formula is C10H12ClO4P. The van der Waals surface area contributed by atoms with Crippen molar-refractivity contribution in [2.24, 2.45) is 0 Å². The summed E-state index contributed by atoms with van der Waals surface area (Å²) in [6.07, 6.45) is -0.127. The Morgan fingerprint density at radius 1 is 1.38 bits per heavy atom. The van der Waals surface area contributed by atoms with Crippen LogP contribution in [0.5, 0.6) is 0 Å². The number of Topliss-reactive ketones (excluding diaryl/α,β-unsaturated/α-hetero) is 1. The van der Waals surface area contributed by atoms with Gasteiger partial charge in [0.25, 0.3) is 0 Å². The van der Waals surface area contributed by atoms with Gasteiger partial charge in [0, 0.05) is 11.4 Å². The van der Waals surface area contributed by atoms with Crippen molar-refractivity contribution in [1.29, 1.82) is 0 Å². The van der Waals surface area contributed by atoms with Crippen molar-refractivity contribution in [3.63, 3.8) is 0 Å². The average Bonchev–Trinajstić information content (AvgIpc) is 2.12.